The topological polar surface area (TPSA) is 51.2 Å². The second kappa shape index (κ2) is 6.10. The molecule has 1 unspecified atom stereocenters. The van der Waals surface area contributed by atoms with Gasteiger partial charge < -0.3 is 4.42 Å². The molecule has 1 aromatic heterocycles. The Labute approximate surface area is 116 Å². The zero-order valence-electron chi connectivity index (χ0n) is 12.5. The molecule has 0 radical (unpaired) electrons. The van der Waals surface area contributed by atoms with E-state index in [2.05, 4.69) is 26.2 Å². The Hall–Kier alpha value is -0.800. The van der Waals surface area contributed by atoms with Gasteiger partial charge in [0.25, 0.3) is 0 Å². The molecule has 1 heterocycles. The summed E-state index contributed by atoms with van der Waals surface area (Å²) in [6.45, 7) is 7.08. The fourth-order valence-corrected chi connectivity index (χ4v) is 3.39. The van der Waals surface area contributed by atoms with E-state index in [-0.39, 0.29) is 0 Å². The molecule has 3 heteroatoms. The highest BCUT2D eigenvalue weighted by atomic mass is 16.3. The van der Waals surface area contributed by atoms with Gasteiger partial charge in [-0.05, 0) is 55.1 Å². The van der Waals surface area contributed by atoms with Gasteiger partial charge in [-0.15, -0.1) is 0 Å². The van der Waals surface area contributed by atoms with Gasteiger partial charge in [-0.2, -0.15) is 0 Å². The third-order valence-corrected chi connectivity index (χ3v) is 4.78. The number of hydrazine groups is 1. The highest BCUT2D eigenvalue weighted by molar-refractivity contribution is 5.01. The summed E-state index contributed by atoms with van der Waals surface area (Å²) in [5.74, 6) is 8.30. The Morgan fingerprint density at radius 1 is 1.32 bits per heavy atom. The molecule has 1 saturated carbocycles. The van der Waals surface area contributed by atoms with Crippen molar-refractivity contribution in [3.05, 3.63) is 24.2 Å². The number of rotatable bonds is 4. The minimum Gasteiger partial charge on any atom is -0.469 e. The van der Waals surface area contributed by atoms with Crippen molar-refractivity contribution in [2.24, 2.45) is 23.1 Å². The van der Waals surface area contributed by atoms with Gasteiger partial charge >= 0.3 is 0 Å². The van der Waals surface area contributed by atoms with E-state index in [1.807, 2.05) is 12.1 Å². The first-order chi connectivity index (χ1) is 9.00. The maximum atomic E-state index is 5.75. The van der Waals surface area contributed by atoms with Crippen molar-refractivity contribution in [3.63, 3.8) is 0 Å². The van der Waals surface area contributed by atoms with Gasteiger partial charge in [-0.25, -0.2) is 0 Å². The monoisotopic (exact) mass is 264 g/mol. The van der Waals surface area contributed by atoms with Gasteiger partial charge in [-0.3, -0.25) is 11.3 Å². The Morgan fingerprint density at radius 2 is 2.00 bits per heavy atom. The molecule has 1 fully saturated rings. The van der Waals surface area contributed by atoms with Crippen LogP contribution in [0.4, 0.5) is 0 Å². The van der Waals surface area contributed by atoms with Crippen molar-refractivity contribution in [3.8, 4) is 0 Å². The van der Waals surface area contributed by atoms with Crippen LogP contribution >= 0.6 is 0 Å². The molecule has 108 valence electrons. The van der Waals surface area contributed by atoms with Crippen molar-refractivity contribution < 1.29 is 4.42 Å². The van der Waals surface area contributed by atoms with Crippen molar-refractivity contribution >= 4 is 0 Å². The molecule has 0 saturated heterocycles. The summed E-state index contributed by atoms with van der Waals surface area (Å²) in [7, 11) is 0. The second-order valence-electron chi connectivity index (χ2n) is 7.03. The number of hydrogen-bond acceptors (Lipinski definition) is 3. The average molecular weight is 264 g/mol. The Morgan fingerprint density at radius 3 is 2.47 bits per heavy atom. The quantitative estimate of drug-likeness (QED) is 0.646. The van der Waals surface area contributed by atoms with Crippen LogP contribution in [-0.2, 0) is 6.42 Å². The van der Waals surface area contributed by atoms with E-state index >= 15 is 0 Å². The summed E-state index contributed by atoms with van der Waals surface area (Å²) in [6, 6.07) is 4.32. The van der Waals surface area contributed by atoms with E-state index < -0.39 is 0 Å². The molecule has 0 spiro atoms. The lowest BCUT2D eigenvalue weighted by Gasteiger charge is -2.39. The molecule has 0 amide bonds. The summed E-state index contributed by atoms with van der Waals surface area (Å²) < 4.78 is 5.44. The van der Waals surface area contributed by atoms with Crippen molar-refractivity contribution in [2.75, 3.05) is 0 Å². The largest absolute Gasteiger partial charge is 0.469 e. The summed E-state index contributed by atoms with van der Waals surface area (Å²) >= 11 is 0. The summed E-state index contributed by atoms with van der Waals surface area (Å²) in [5, 5.41) is 0. The lowest BCUT2D eigenvalue weighted by Crippen LogP contribution is -2.44. The fourth-order valence-electron chi connectivity index (χ4n) is 3.39. The molecule has 0 bridgehead atoms. The first-order valence-corrected chi connectivity index (χ1v) is 7.49. The molecule has 3 nitrogen and oxygen atoms in total. The molecular formula is C16H28N2O. The first-order valence-electron chi connectivity index (χ1n) is 7.49. The van der Waals surface area contributed by atoms with Crippen LogP contribution in [0.15, 0.2) is 22.8 Å². The van der Waals surface area contributed by atoms with Crippen molar-refractivity contribution in [2.45, 2.75) is 58.9 Å². The number of nitrogens with two attached hydrogens (primary N) is 1. The summed E-state index contributed by atoms with van der Waals surface area (Å²) in [5.41, 5.74) is 3.45. The zero-order chi connectivity index (χ0) is 13.9. The minimum absolute atomic E-state index is 0.340. The predicted octanol–water partition coefficient (Wildman–Crippen LogP) is 3.51. The SMILES string of the molecule is CC(C)(C)C1CCC(C(Cc2ccco2)NN)CC1. The second-order valence-corrected chi connectivity index (χ2v) is 7.03. The van der Waals surface area contributed by atoms with Crippen LogP contribution < -0.4 is 11.3 Å². The Kier molecular flexibility index (Phi) is 4.69. The lowest BCUT2D eigenvalue weighted by atomic mass is 9.68. The molecule has 1 atom stereocenters. The van der Waals surface area contributed by atoms with E-state index in [1.165, 1.54) is 25.7 Å². The number of furan rings is 1. The van der Waals surface area contributed by atoms with Crippen LogP contribution in [0.2, 0.25) is 0 Å². The van der Waals surface area contributed by atoms with E-state index in [4.69, 9.17) is 10.3 Å². The molecule has 2 rings (SSSR count). The van der Waals surface area contributed by atoms with Crippen molar-refractivity contribution in [1.82, 2.24) is 5.43 Å². The van der Waals surface area contributed by atoms with Crippen LogP contribution in [0.25, 0.3) is 0 Å². The molecule has 1 aliphatic rings. The third kappa shape index (κ3) is 3.83. The molecular weight excluding hydrogens is 236 g/mol. The third-order valence-electron chi connectivity index (χ3n) is 4.78. The fraction of sp³-hybridized carbons (Fsp3) is 0.750. The van der Waals surface area contributed by atoms with Crippen LogP contribution in [0.5, 0.6) is 0 Å². The van der Waals surface area contributed by atoms with Gasteiger partial charge in [0.15, 0.2) is 0 Å². The van der Waals surface area contributed by atoms with E-state index in [0.29, 0.717) is 17.4 Å². The standard InChI is InChI=1S/C16H28N2O/c1-16(2,3)13-8-6-12(7-9-13)15(18-17)11-14-5-4-10-19-14/h4-5,10,12-13,15,18H,6-9,11,17H2,1-3H3. The van der Waals surface area contributed by atoms with Gasteiger partial charge in [0.1, 0.15) is 5.76 Å². The number of nitrogens with one attached hydrogen (secondary N) is 1. The van der Waals surface area contributed by atoms with E-state index in [1.54, 1.807) is 6.26 Å². The van der Waals surface area contributed by atoms with Gasteiger partial charge in [0.05, 0.1) is 6.26 Å². The van der Waals surface area contributed by atoms with Gasteiger partial charge in [0.2, 0.25) is 0 Å². The maximum absolute atomic E-state index is 5.75. The highest BCUT2D eigenvalue weighted by Crippen LogP contribution is 2.40. The van der Waals surface area contributed by atoms with Gasteiger partial charge in [0, 0.05) is 12.5 Å². The summed E-state index contributed by atoms with van der Waals surface area (Å²) in [6.07, 6.45) is 7.83. The summed E-state index contributed by atoms with van der Waals surface area (Å²) in [4.78, 5) is 0. The maximum Gasteiger partial charge on any atom is 0.105 e. The number of hydrogen-bond donors (Lipinski definition) is 2. The molecule has 1 aromatic rings. The van der Waals surface area contributed by atoms with E-state index in [0.717, 1.165) is 18.1 Å². The first kappa shape index (κ1) is 14.6. The zero-order valence-corrected chi connectivity index (χ0v) is 12.5. The van der Waals surface area contributed by atoms with Crippen LogP contribution in [0, 0.1) is 17.3 Å². The average Bonchev–Trinajstić information content (AvgIpc) is 2.88. The predicted molar refractivity (Wildman–Crippen MR) is 78.4 cm³/mol. The molecule has 1 aliphatic carbocycles. The normalized spacial score (nSPS) is 26.3. The molecule has 19 heavy (non-hydrogen) atoms. The smallest absolute Gasteiger partial charge is 0.105 e. The van der Waals surface area contributed by atoms with Crippen LogP contribution in [0.1, 0.15) is 52.2 Å². The van der Waals surface area contributed by atoms with Crippen LogP contribution in [0.3, 0.4) is 0 Å². The Balaban J connectivity index is 1.88. The molecule has 0 aliphatic heterocycles. The molecule has 0 aromatic carbocycles. The van der Waals surface area contributed by atoms with Crippen LogP contribution in [-0.4, -0.2) is 6.04 Å². The lowest BCUT2D eigenvalue weighted by molar-refractivity contribution is 0.131. The highest BCUT2D eigenvalue weighted by Gasteiger charge is 2.32. The Bertz CT molecular complexity index is 359. The van der Waals surface area contributed by atoms with Crippen molar-refractivity contribution in [1.29, 1.82) is 0 Å². The minimum atomic E-state index is 0.340. The van der Waals surface area contributed by atoms with Gasteiger partial charge in [-0.1, -0.05) is 20.8 Å². The molecule has 3 N–H and O–H groups in total. The van der Waals surface area contributed by atoms with E-state index in [9.17, 15) is 0 Å².